The number of benzene rings is 1. The lowest BCUT2D eigenvalue weighted by atomic mass is 10.3. The highest BCUT2D eigenvalue weighted by Gasteiger charge is 2.06. The molecule has 0 unspecified atom stereocenters. The van der Waals surface area contributed by atoms with Gasteiger partial charge in [-0.3, -0.25) is 9.48 Å². The van der Waals surface area contributed by atoms with Gasteiger partial charge in [0, 0.05) is 12.7 Å². The zero-order valence-corrected chi connectivity index (χ0v) is 13.2. The number of para-hydroxylation sites is 2. The number of halogens is 1. The van der Waals surface area contributed by atoms with E-state index in [4.69, 9.17) is 9.47 Å². The monoisotopic (exact) mass is 353 g/mol. The second-order valence-electron chi connectivity index (χ2n) is 4.21. The van der Waals surface area contributed by atoms with Gasteiger partial charge in [-0.25, -0.2) is 0 Å². The molecule has 0 saturated carbocycles. The summed E-state index contributed by atoms with van der Waals surface area (Å²) in [6.45, 7) is 1.04. The summed E-state index contributed by atoms with van der Waals surface area (Å²) in [5.41, 5.74) is 0. The molecule has 1 amide bonds. The lowest BCUT2D eigenvalue weighted by molar-refractivity contribution is -0.123. The van der Waals surface area contributed by atoms with Crippen molar-refractivity contribution in [2.24, 2.45) is 0 Å². The van der Waals surface area contributed by atoms with Crippen LogP contribution in [0.4, 0.5) is 0 Å². The Labute approximate surface area is 131 Å². The summed E-state index contributed by atoms with van der Waals surface area (Å²) < 4.78 is 13.2. The molecule has 1 heterocycles. The highest BCUT2D eigenvalue weighted by molar-refractivity contribution is 9.10. The predicted octanol–water partition coefficient (Wildman–Crippen LogP) is 1.85. The van der Waals surface area contributed by atoms with Crippen molar-refractivity contribution in [2.75, 3.05) is 20.3 Å². The first kappa shape index (κ1) is 15.4. The van der Waals surface area contributed by atoms with Crippen molar-refractivity contribution in [3.63, 3.8) is 0 Å². The number of ether oxygens (including phenoxy) is 2. The van der Waals surface area contributed by atoms with E-state index in [1.54, 1.807) is 30.1 Å². The van der Waals surface area contributed by atoms with Gasteiger partial charge >= 0.3 is 0 Å². The van der Waals surface area contributed by atoms with Crippen LogP contribution in [-0.2, 0) is 11.3 Å². The largest absolute Gasteiger partial charge is 0.493 e. The summed E-state index contributed by atoms with van der Waals surface area (Å²) in [5.74, 6) is 0.963. The smallest absolute Gasteiger partial charge is 0.258 e. The lowest BCUT2D eigenvalue weighted by Crippen LogP contribution is -2.31. The number of nitrogens with zero attached hydrogens (tertiary/aromatic N) is 2. The summed E-state index contributed by atoms with van der Waals surface area (Å²) >= 11 is 3.31. The standard InChI is InChI=1S/C14H16BrN3O3/c1-20-12-4-2-3-5-13(12)21-10-14(19)16-6-7-18-9-11(15)8-17-18/h2-5,8-9H,6-7,10H2,1H3,(H,16,19). The number of rotatable bonds is 7. The van der Waals surface area contributed by atoms with Crippen molar-refractivity contribution in [3.05, 3.63) is 41.1 Å². The number of nitrogens with one attached hydrogen (secondary N) is 1. The maximum Gasteiger partial charge on any atom is 0.258 e. The van der Waals surface area contributed by atoms with Crippen LogP contribution in [0, 0.1) is 0 Å². The second kappa shape index (κ2) is 7.68. The highest BCUT2D eigenvalue weighted by Crippen LogP contribution is 2.25. The normalized spacial score (nSPS) is 10.2. The Balaban J connectivity index is 1.72. The Hall–Kier alpha value is -2.02. The molecule has 0 aliphatic rings. The molecule has 1 aromatic carbocycles. The Morgan fingerprint density at radius 2 is 2.14 bits per heavy atom. The molecule has 0 aliphatic heterocycles. The molecular formula is C14H16BrN3O3. The fourth-order valence-electron chi connectivity index (χ4n) is 1.70. The van der Waals surface area contributed by atoms with Gasteiger partial charge in [-0.15, -0.1) is 0 Å². The molecule has 0 fully saturated rings. The molecule has 6 nitrogen and oxygen atoms in total. The molecule has 7 heteroatoms. The van der Waals surface area contributed by atoms with E-state index in [0.29, 0.717) is 24.6 Å². The second-order valence-corrected chi connectivity index (χ2v) is 5.13. The minimum atomic E-state index is -0.188. The molecule has 0 spiro atoms. The van der Waals surface area contributed by atoms with Gasteiger partial charge in [0.05, 0.1) is 24.3 Å². The third kappa shape index (κ3) is 4.78. The third-order valence-electron chi connectivity index (χ3n) is 2.69. The maximum atomic E-state index is 11.7. The predicted molar refractivity (Wildman–Crippen MR) is 81.4 cm³/mol. The topological polar surface area (TPSA) is 65.4 Å². The zero-order valence-electron chi connectivity index (χ0n) is 11.6. The fourth-order valence-corrected chi connectivity index (χ4v) is 2.03. The number of amides is 1. The summed E-state index contributed by atoms with van der Waals surface area (Å²) in [7, 11) is 1.56. The lowest BCUT2D eigenvalue weighted by Gasteiger charge is -2.10. The molecule has 1 N–H and O–H groups in total. The van der Waals surface area contributed by atoms with E-state index in [1.165, 1.54) is 0 Å². The quantitative estimate of drug-likeness (QED) is 0.824. The molecule has 112 valence electrons. The summed E-state index contributed by atoms with van der Waals surface area (Å²) in [6.07, 6.45) is 3.55. The van der Waals surface area contributed by atoms with Crippen LogP contribution in [0.2, 0.25) is 0 Å². The first-order chi connectivity index (χ1) is 10.2. The molecule has 21 heavy (non-hydrogen) atoms. The van der Waals surface area contributed by atoms with Gasteiger partial charge in [0.2, 0.25) is 0 Å². The van der Waals surface area contributed by atoms with Crippen LogP contribution in [0.5, 0.6) is 11.5 Å². The van der Waals surface area contributed by atoms with Crippen LogP contribution in [0.15, 0.2) is 41.1 Å². The van der Waals surface area contributed by atoms with E-state index in [-0.39, 0.29) is 12.5 Å². The molecule has 2 rings (SSSR count). The third-order valence-corrected chi connectivity index (χ3v) is 3.10. The van der Waals surface area contributed by atoms with Gasteiger partial charge in [0.15, 0.2) is 18.1 Å². The van der Waals surface area contributed by atoms with Crippen LogP contribution in [-0.4, -0.2) is 35.9 Å². The van der Waals surface area contributed by atoms with E-state index in [2.05, 4.69) is 26.3 Å². The minimum Gasteiger partial charge on any atom is -0.493 e. The number of carbonyl (C=O) groups is 1. The molecule has 0 radical (unpaired) electrons. The van der Waals surface area contributed by atoms with Gasteiger partial charge in [-0.2, -0.15) is 5.10 Å². The SMILES string of the molecule is COc1ccccc1OCC(=O)NCCn1cc(Br)cn1. The Bertz CT molecular complexity index is 601. The summed E-state index contributed by atoms with van der Waals surface area (Å²) in [5, 5.41) is 6.87. The van der Waals surface area contributed by atoms with Gasteiger partial charge in [0.25, 0.3) is 5.91 Å². The first-order valence-electron chi connectivity index (χ1n) is 6.39. The average Bonchev–Trinajstić information content (AvgIpc) is 2.91. The summed E-state index contributed by atoms with van der Waals surface area (Å²) in [6, 6.07) is 7.20. The van der Waals surface area contributed by atoms with E-state index >= 15 is 0 Å². The molecule has 1 aromatic heterocycles. The molecular weight excluding hydrogens is 338 g/mol. The Kier molecular flexibility index (Phi) is 5.62. The number of methoxy groups -OCH3 is 1. The zero-order chi connectivity index (χ0) is 15.1. The Morgan fingerprint density at radius 1 is 1.38 bits per heavy atom. The van der Waals surface area contributed by atoms with Gasteiger partial charge in [-0.1, -0.05) is 12.1 Å². The van der Waals surface area contributed by atoms with E-state index < -0.39 is 0 Å². The van der Waals surface area contributed by atoms with Crippen molar-refractivity contribution < 1.29 is 14.3 Å². The fraction of sp³-hybridized carbons (Fsp3) is 0.286. The molecule has 2 aromatic rings. The van der Waals surface area contributed by atoms with Gasteiger partial charge in [-0.05, 0) is 28.1 Å². The maximum absolute atomic E-state index is 11.7. The number of hydrogen-bond acceptors (Lipinski definition) is 4. The van der Waals surface area contributed by atoms with Crippen LogP contribution < -0.4 is 14.8 Å². The van der Waals surface area contributed by atoms with Crippen molar-refractivity contribution in [3.8, 4) is 11.5 Å². The highest BCUT2D eigenvalue weighted by atomic mass is 79.9. The molecule has 0 saturated heterocycles. The van der Waals surface area contributed by atoms with Crippen molar-refractivity contribution in [1.82, 2.24) is 15.1 Å². The van der Waals surface area contributed by atoms with Crippen molar-refractivity contribution in [1.29, 1.82) is 0 Å². The van der Waals surface area contributed by atoms with Crippen molar-refractivity contribution >= 4 is 21.8 Å². The molecule has 0 bridgehead atoms. The summed E-state index contributed by atoms with van der Waals surface area (Å²) in [4.78, 5) is 11.7. The van der Waals surface area contributed by atoms with Crippen LogP contribution in [0.25, 0.3) is 0 Å². The van der Waals surface area contributed by atoms with Crippen LogP contribution >= 0.6 is 15.9 Å². The van der Waals surface area contributed by atoms with Crippen LogP contribution in [0.1, 0.15) is 0 Å². The van der Waals surface area contributed by atoms with Gasteiger partial charge < -0.3 is 14.8 Å². The molecule has 0 atom stereocenters. The van der Waals surface area contributed by atoms with Gasteiger partial charge in [0.1, 0.15) is 0 Å². The number of hydrogen-bond donors (Lipinski definition) is 1. The van der Waals surface area contributed by atoms with E-state index in [0.717, 1.165) is 4.47 Å². The minimum absolute atomic E-state index is 0.0524. The Morgan fingerprint density at radius 3 is 2.81 bits per heavy atom. The van der Waals surface area contributed by atoms with Crippen molar-refractivity contribution in [2.45, 2.75) is 6.54 Å². The number of aromatic nitrogens is 2. The van der Waals surface area contributed by atoms with E-state index in [1.807, 2.05) is 18.3 Å². The van der Waals surface area contributed by atoms with E-state index in [9.17, 15) is 4.79 Å². The van der Waals surface area contributed by atoms with Crippen LogP contribution in [0.3, 0.4) is 0 Å². The molecule has 0 aliphatic carbocycles. The average molecular weight is 354 g/mol. The number of carbonyl (C=O) groups excluding carboxylic acids is 1. The first-order valence-corrected chi connectivity index (χ1v) is 7.19.